The summed E-state index contributed by atoms with van der Waals surface area (Å²) in [6, 6.07) is 7.81. The smallest absolute Gasteiger partial charge is 0.306 e. The summed E-state index contributed by atoms with van der Waals surface area (Å²) in [6.07, 6.45) is 7.37. The molecular formula is C22H34FN3O2S. The van der Waals surface area contributed by atoms with Crippen molar-refractivity contribution in [3.8, 4) is 0 Å². The van der Waals surface area contributed by atoms with Gasteiger partial charge in [-0.25, -0.2) is 0 Å². The normalized spacial score (nSPS) is 9.97. The standard InChI is InChI=1S/C10H12FN3O2.C6H8S.C4H8.C2H6/c1-2-7(12)6-13-8-3-4-9(11)10(5-8)14(15)16;1-2-6-4-3-5-7-6;1-3-4-2;1-2/h3-6,13H,2,12H2,1H3;3-5H,2H2,1H3;3-4H,1-2H3;1-2H3/b7-6-;;;. The number of hydrogen-bond acceptors (Lipinski definition) is 5. The number of anilines is 1. The highest BCUT2D eigenvalue weighted by Gasteiger charge is 2.13. The predicted octanol–water partition coefficient (Wildman–Crippen LogP) is 7.28. The van der Waals surface area contributed by atoms with E-state index in [9.17, 15) is 14.5 Å². The number of nitrogens with one attached hydrogen (secondary N) is 1. The van der Waals surface area contributed by atoms with Crippen LogP contribution in [0.15, 0.2) is 59.8 Å². The topological polar surface area (TPSA) is 81.2 Å². The van der Waals surface area contributed by atoms with Crippen molar-refractivity contribution in [2.45, 2.75) is 54.4 Å². The van der Waals surface area contributed by atoms with Crippen LogP contribution in [0.25, 0.3) is 0 Å². The highest BCUT2D eigenvalue weighted by atomic mass is 32.1. The van der Waals surface area contributed by atoms with Crippen molar-refractivity contribution in [2.75, 3.05) is 5.32 Å². The van der Waals surface area contributed by atoms with Gasteiger partial charge in [-0.3, -0.25) is 10.1 Å². The SMILES string of the molecule is CC.CC/C(N)=C/Nc1ccc(F)c([N+](=O)[O-])c1.CC=CC.CCc1cccs1. The molecule has 7 heteroatoms. The molecule has 0 radical (unpaired) electrons. The molecule has 2 rings (SSSR count). The molecule has 1 aromatic carbocycles. The van der Waals surface area contributed by atoms with Crippen molar-refractivity contribution < 1.29 is 9.31 Å². The van der Waals surface area contributed by atoms with Crippen molar-refractivity contribution in [3.63, 3.8) is 0 Å². The molecule has 0 amide bonds. The Labute approximate surface area is 178 Å². The summed E-state index contributed by atoms with van der Waals surface area (Å²) in [5.74, 6) is -0.858. The summed E-state index contributed by atoms with van der Waals surface area (Å²) in [5, 5.41) is 15.3. The number of benzene rings is 1. The average molecular weight is 424 g/mol. The zero-order valence-electron chi connectivity index (χ0n) is 18.2. The highest BCUT2D eigenvalue weighted by Crippen LogP contribution is 2.21. The van der Waals surface area contributed by atoms with Crippen molar-refractivity contribution in [3.05, 3.63) is 80.6 Å². The quantitative estimate of drug-likeness (QED) is 0.301. The molecule has 0 spiro atoms. The average Bonchev–Trinajstić information content (AvgIpc) is 3.28. The highest BCUT2D eigenvalue weighted by molar-refractivity contribution is 7.09. The summed E-state index contributed by atoms with van der Waals surface area (Å²) >= 11 is 1.82. The van der Waals surface area contributed by atoms with Crippen LogP contribution in [0.4, 0.5) is 15.8 Å². The van der Waals surface area contributed by atoms with Gasteiger partial charge in [-0.2, -0.15) is 4.39 Å². The van der Waals surface area contributed by atoms with Crippen LogP contribution in [0.5, 0.6) is 0 Å². The second-order valence-corrected chi connectivity index (χ2v) is 6.27. The van der Waals surface area contributed by atoms with Gasteiger partial charge in [0, 0.05) is 28.5 Å². The number of aryl methyl sites for hydroxylation is 1. The maximum atomic E-state index is 13.0. The lowest BCUT2D eigenvalue weighted by atomic mass is 10.2. The van der Waals surface area contributed by atoms with Gasteiger partial charge in [0.15, 0.2) is 0 Å². The minimum absolute atomic E-state index is 0.421. The summed E-state index contributed by atoms with van der Waals surface area (Å²) in [6.45, 7) is 12.0. The van der Waals surface area contributed by atoms with E-state index in [4.69, 9.17) is 5.73 Å². The van der Waals surface area contributed by atoms with Crippen LogP contribution in [0, 0.1) is 15.9 Å². The van der Waals surface area contributed by atoms with E-state index >= 15 is 0 Å². The first-order valence-corrected chi connectivity index (χ1v) is 10.5. The van der Waals surface area contributed by atoms with E-state index in [1.54, 1.807) is 0 Å². The number of allylic oxidation sites excluding steroid dienone is 3. The lowest BCUT2D eigenvalue weighted by Gasteiger charge is -2.02. The Morgan fingerprint density at radius 2 is 1.86 bits per heavy atom. The fraction of sp³-hybridized carbons (Fsp3) is 0.364. The zero-order chi connectivity index (χ0) is 22.7. The van der Waals surface area contributed by atoms with E-state index in [-0.39, 0.29) is 0 Å². The molecule has 0 fully saturated rings. The third kappa shape index (κ3) is 14.0. The minimum Gasteiger partial charge on any atom is -0.401 e. The van der Waals surface area contributed by atoms with Gasteiger partial charge < -0.3 is 11.1 Å². The van der Waals surface area contributed by atoms with Crippen LogP contribution in [-0.4, -0.2) is 4.92 Å². The molecule has 29 heavy (non-hydrogen) atoms. The summed E-state index contributed by atoms with van der Waals surface area (Å²) in [5.41, 5.74) is 6.00. The van der Waals surface area contributed by atoms with Crippen LogP contribution in [-0.2, 0) is 6.42 Å². The van der Waals surface area contributed by atoms with Crippen LogP contribution in [0.1, 0.15) is 52.8 Å². The molecule has 162 valence electrons. The molecular weight excluding hydrogens is 389 g/mol. The van der Waals surface area contributed by atoms with Crippen LogP contribution >= 0.6 is 11.3 Å². The van der Waals surface area contributed by atoms with Crippen molar-refractivity contribution in [1.82, 2.24) is 0 Å². The third-order valence-electron chi connectivity index (χ3n) is 3.24. The van der Waals surface area contributed by atoms with Gasteiger partial charge >= 0.3 is 5.69 Å². The molecule has 0 saturated heterocycles. The summed E-state index contributed by atoms with van der Waals surface area (Å²) in [4.78, 5) is 11.2. The zero-order valence-corrected chi connectivity index (χ0v) is 19.1. The van der Waals surface area contributed by atoms with Gasteiger partial charge in [0.05, 0.1) is 4.92 Å². The molecule has 3 N–H and O–H groups in total. The number of rotatable bonds is 5. The van der Waals surface area contributed by atoms with Gasteiger partial charge in [-0.1, -0.05) is 45.9 Å². The van der Waals surface area contributed by atoms with E-state index in [1.807, 2.05) is 58.1 Å². The Bertz CT molecular complexity index is 726. The summed E-state index contributed by atoms with van der Waals surface area (Å²) in [7, 11) is 0. The van der Waals surface area contributed by atoms with Gasteiger partial charge in [0.25, 0.3) is 0 Å². The first kappa shape index (κ1) is 28.5. The number of nitrogens with zero attached hydrogens (tertiary/aromatic N) is 1. The molecule has 1 heterocycles. The second kappa shape index (κ2) is 18.7. The number of halogens is 1. The van der Waals surface area contributed by atoms with E-state index in [1.165, 1.54) is 23.6 Å². The Kier molecular flexibility index (Phi) is 18.4. The van der Waals surface area contributed by atoms with Gasteiger partial charge in [0.1, 0.15) is 0 Å². The molecule has 2 aromatic rings. The largest absolute Gasteiger partial charge is 0.401 e. The molecule has 1 aromatic heterocycles. The van der Waals surface area contributed by atoms with Crippen molar-refractivity contribution in [1.29, 1.82) is 0 Å². The number of nitrogens with two attached hydrogens (primary N) is 1. The maximum absolute atomic E-state index is 13.0. The molecule has 0 atom stereocenters. The van der Waals surface area contributed by atoms with E-state index in [2.05, 4.69) is 29.8 Å². The number of thiophene rings is 1. The van der Waals surface area contributed by atoms with Gasteiger partial charge in [0.2, 0.25) is 5.82 Å². The first-order chi connectivity index (χ1) is 13.9. The van der Waals surface area contributed by atoms with Gasteiger partial charge in [-0.15, -0.1) is 11.3 Å². The lowest BCUT2D eigenvalue weighted by molar-refractivity contribution is -0.387. The van der Waals surface area contributed by atoms with E-state index in [0.717, 1.165) is 12.1 Å². The predicted molar refractivity (Wildman–Crippen MR) is 125 cm³/mol. The molecule has 0 unspecified atom stereocenters. The van der Waals surface area contributed by atoms with Crippen LogP contribution in [0.3, 0.4) is 0 Å². The Morgan fingerprint density at radius 1 is 1.24 bits per heavy atom. The Morgan fingerprint density at radius 3 is 2.24 bits per heavy atom. The van der Waals surface area contributed by atoms with Crippen LogP contribution < -0.4 is 11.1 Å². The van der Waals surface area contributed by atoms with Crippen molar-refractivity contribution in [2.24, 2.45) is 5.73 Å². The van der Waals surface area contributed by atoms with E-state index < -0.39 is 16.4 Å². The fourth-order valence-corrected chi connectivity index (χ4v) is 2.19. The molecule has 0 bridgehead atoms. The lowest BCUT2D eigenvalue weighted by Crippen LogP contribution is -2.00. The number of hydrogen-bond donors (Lipinski definition) is 2. The molecule has 5 nitrogen and oxygen atoms in total. The third-order valence-corrected chi connectivity index (χ3v) is 4.26. The van der Waals surface area contributed by atoms with E-state index in [0.29, 0.717) is 17.8 Å². The number of nitro benzene ring substituents is 1. The molecule has 0 aliphatic rings. The molecule has 0 aliphatic carbocycles. The van der Waals surface area contributed by atoms with Gasteiger partial charge in [-0.05, 0) is 50.3 Å². The second-order valence-electron chi connectivity index (χ2n) is 5.24. The van der Waals surface area contributed by atoms with Crippen LogP contribution in [0.2, 0.25) is 0 Å². The Balaban J connectivity index is 0. The maximum Gasteiger partial charge on any atom is 0.306 e. The molecule has 0 aliphatic heterocycles. The summed E-state index contributed by atoms with van der Waals surface area (Å²) < 4.78 is 13.0. The number of nitro groups is 1. The first-order valence-electron chi connectivity index (χ1n) is 9.64. The van der Waals surface area contributed by atoms with Crippen molar-refractivity contribution >= 4 is 22.7 Å². The molecule has 0 saturated carbocycles. The minimum atomic E-state index is -0.858. The monoisotopic (exact) mass is 423 g/mol. The fourth-order valence-electron chi connectivity index (χ4n) is 1.53. The Hall–Kier alpha value is -2.67.